The summed E-state index contributed by atoms with van der Waals surface area (Å²) in [5.41, 5.74) is 0.562. The van der Waals surface area contributed by atoms with E-state index in [-0.39, 0.29) is 5.78 Å². The highest BCUT2D eigenvalue weighted by atomic mass is 35.5. The van der Waals surface area contributed by atoms with Crippen LogP contribution in [0.3, 0.4) is 0 Å². The first-order chi connectivity index (χ1) is 8.56. The number of Topliss-reactive ketones (excluding diaryl/α,β-unsaturated/α-hetero) is 1. The maximum atomic E-state index is 12.2. The molecule has 2 rings (SSSR count). The highest BCUT2D eigenvalue weighted by molar-refractivity contribution is 7.99. The van der Waals surface area contributed by atoms with Crippen LogP contribution in [0.5, 0.6) is 0 Å². The lowest BCUT2D eigenvalue weighted by Crippen LogP contribution is -2.39. The van der Waals surface area contributed by atoms with E-state index in [1.54, 1.807) is 18.2 Å². The van der Waals surface area contributed by atoms with Crippen LogP contribution >= 0.6 is 35.0 Å². The highest BCUT2D eigenvalue weighted by Crippen LogP contribution is 2.23. The lowest BCUT2D eigenvalue weighted by atomic mass is 10.1. The first-order valence-corrected chi connectivity index (χ1v) is 7.69. The van der Waals surface area contributed by atoms with Crippen molar-refractivity contribution in [2.45, 2.75) is 12.2 Å². The number of nitrogens with zero attached hydrogens (tertiary/aromatic N) is 1. The van der Waals surface area contributed by atoms with Gasteiger partial charge in [-0.1, -0.05) is 30.1 Å². The molecule has 1 atom stereocenters. The summed E-state index contributed by atoms with van der Waals surface area (Å²) in [6.45, 7) is 4.55. The predicted molar refractivity (Wildman–Crippen MR) is 79.2 cm³/mol. The molecule has 2 nitrogen and oxygen atoms in total. The molecule has 1 saturated heterocycles. The summed E-state index contributed by atoms with van der Waals surface area (Å²) in [5, 5.41) is 1.58. The summed E-state index contributed by atoms with van der Waals surface area (Å²) in [6.07, 6.45) is 0. The van der Waals surface area contributed by atoms with Crippen LogP contribution in [0.15, 0.2) is 18.2 Å². The van der Waals surface area contributed by atoms with Crippen molar-refractivity contribution >= 4 is 40.7 Å². The van der Waals surface area contributed by atoms with E-state index in [1.165, 1.54) is 0 Å². The van der Waals surface area contributed by atoms with Crippen LogP contribution in [-0.2, 0) is 0 Å². The summed E-state index contributed by atoms with van der Waals surface area (Å²) < 4.78 is 0. The molecule has 0 amide bonds. The van der Waals surface area contributed by atoms with Gasteiger partial charge in [0.05, 0.1) is 11.6 Å². The molecule has 1 aromatic rings. The van der Waals surface area contributed by atoms with E-state index in [4.69, 9.17) is 23.2 Å². The molecule has 0 radical (unpaired) electrons. The fraction of sp³-hybridized carbons (Fsp3) is 0.462. The monoisotopic (exact) mass is 303 g/mol. The van der Waals surface area contributed by atoms with Gasteiger partial charge in [0.2, 0.25) is 0 Å². The average Bonchev–Trinajstić information content (AvgIpc) is 2.28. The van der Waals surface area contributed by atoms with Gasteiger partial charge in [0.15, 0.2) is 5.78 Å². The summed E-state index contributed by atoms with van der Waals surface area (Å²) in [7, 11) is 0. The highest BCUT2D eigenvalue weighted by Gasteiger charge is 2.20. The molecule has 98 valence electrons. The van der Waals surface area contributed by atoms with Gasteiger partial charge in [-0.3, -0.25) is 9.69 Å². The van der Waals surface area contributed by atoms with Gasteiger partial charge in [0, 0.05) is 34.7 Å². The van der Waals surface area contributed by atoms with Gasteiger partial charge in [-0.25, -0.2) is 0 Å². The molecule has 0 aromatic heterocycles. The van der Waals surface area contributed by atoms with Crippen LogP contribution in [0.2, 0.25) is 10.0 Å². The molecular weight excluding hydrogens is 289 g/mol. The average molecular weight is 304 g/mol. The molecule has 0 aliphatic carbocycles. The molecule has 1 unspecified atom stereocenters. The minimum atomic E-state index is 0.0655. The van der Waals surface area contributed by atoms with Gasteiger partial charge in [0.25, 0.3) is 0 Å². The standard InChI is InChI=1S/C13H15Cl2NOS/c1-9-7-16(4-5-18-9)8-13(17)11-3-2-10(14)6-12(11)15/h2-3,6,9H,4-5,7-8H2,1H3. The number of carbonyl (C=O) groups excluding carboxylic acids is 1. The Hall–Kier alpha value is -0.220. The molecular formula is C13H15Cl2NOS. The van der Waals surface area contributed by atoms with Crippen molar-refractivity contribution in [2.24, 2.45) is 0 Å². The molecule has 1 fully saturated rings. The van der Waals surface area contributed by atoms with Crippen LogP contribution in [0.4, 0.5) is 0 Å². The Morgan fingerprint density at radius 1 is 1.50 bits per heavy atom. The van der Waals surface area contributed by atoms with Crippen molar-refractivity contribution in [3.05, 3.63) is 33.8 Å². The van der Waals surface area contributed by atoms with E-state index < -0.39 is 0 Å². The van der Waals surface area contributed by atoms with E-state index in [0.717, 1.165) is 18.8 Å². The van der Waals surface area contributed by atoms with E-state index in [0.29, 0.717) is 27.4 Å². The zero-order chi connectivity index (χ0) is 13.1. The first-order valence-electron chi connectivity index (χ1n) is 5.88. The third kappa shape index (κ3) is 3.64. The summed E-state index contributed by atoms with van der Waals surface area (Å²) in [4.78, 5) is 14.4. The van der Waals surface area contributed by atoms with Gasteiger partial charge in [-0.15, -0.1) is 0 Å². The summed E-state index contributed by atoms with van der Waals surface area (Å²) in [5.74, 6) is 1.15. The molecule has 1 aromatic carbocycles. The van der Waals surface area contributed by atoms with Crippen LogP contribution in [0, 0.1) is 0 Å². The number of halogens is 2. The van der Waals surface area contributed by atoms with Crippen LogP contribution in [0.25, 0.3) is 0 Å². The van der Waals surface area contributed by atoms with E-state index in [9.17, 15) is 4.79 Å². The Bertz CT molecular complexity index is 453. The normalized spacial score (nSPS) is 20.9. The van der Waals surface area contributed by atoms with Crippen molar-refractivity contribution in [1.29, 1.82) is 0 Å². The number of hydrogen-bond donors (Lipinski definition) is 0. The second kappa shape index (κ2) is 6.29. The molecule has 18 heavy (non-hydrogen) atoms. The van der Waals surface area contributed by atoms with Crippen molar-refractivity contribution in [3.8, 4) is 0 Å². The summed E-state index contributed by atoms with van der Waals surface area (Å²) in [6, 6.07) is 5.02. The van der Waals surface area contributed by atoms with Crippen molar-refractivity contribution in [1.82, 2.24) is 4.90 Å². The zero-order valence-corrected chi connectivity index (χ0v) is 12.5. The van der Waals surface area contributed by atoms with Gasteiger partial charge in [0.1, 0.15) is 0 Å². The SMILES string of the molecule is CC1CN(CC(=O)c2ccc(Cl)cc2Cl)CCS1. The van der Waals surface area contributed by atoms with Gasteiger partial charge < -0.3 is 0 Å². The zero-order valence-electron chi connectivity index (χ0n) is 10.2. The largest absolute Gasteiger partial charge is 0.294 e. The minimum Gasteiger partial charge on any atom is -0.294 e. The molecule has 0 saturated carbocycles. The minimum absolute atomic E-state index is 0.0655. The van der Waals surface area contributed by atoms with Gasteiger partial charge in [-0.05, 0) is 18.2 Å². The Morgan fingerprint density at radius 3 is 2.94 bits per heavy atom. The summed E-state index contributed by atoms with van der Waals surface area (Å²) >= 11 is 13.8. The van der Waals surface area contributed by atoms with Crippen LogP contribution in [-0.4, -0.2) is 41.3 Å². The number of thioether (sulfide) groups is 1. The topological polar surface area (TPSA) is 20.3 Å². The number of hydrogen-bond acceptors (Lipinski definition) is 3. The molecule has 1 aliphatic heterocycles. The Kier molecular flexibility index (Phi) is 4.96. The fourth-order valence-corrected chi connectivity index (χ4v) is 3.63. The number of carbonyl (C=O) groups is 1. The number of rotatable bonds is 3. The van der Waals surface area contributed by atoms with Gasteiger partial charge in [-0.2, -0.15) is 11.8 Å². The lowest BCUT2D eigenvalue weighted by Gasteiger charge is -2.29. The maximum Gasteiger partial charge on any atom is 0.178 e. The Labute approximate surface area is 122 Å². The Balaban J connectivity index is 2.03. The van der Waals surface area contributed by atoms with Crippen LogP contribution < -0.4 is 0 Å². The predicted octanol–water partition coefficient (Wildman–Crippen LogP) is 3.61. The lowest BCUT2D eigenvalue weighted by molar-refractivity contribution is 0.0934. The van der Waals surface area contributed by atoms with E-state index in [2.05, 4.69) is 11.8 Å². The van der Waals surface area contributed by atoms with Crippen molar-refractivity contribution in [2.75, 3.05) is 25.4 Å². The third-order valence-electron chi connectivity index (χ3n) is 2.92. The van der Waals surface area contributed by atoms with Gasteiger partial charge >= 0.3 is 0 Å². The molecule has 0 bridgehead atoms. The molecule has 0 N–H and O–H groups in total. The maximum absolute atomic E-state index is 12.2. The molecule has 5 heteroatoms. The molecule has 0 spiro atoms. The van der Waals surface area contributed by atoms with Crippen molar-refractivity contribution < 1.29 is 4.79 Å². The molecule has 1 heterocycles. The van der Waals surface area contributed by atoms with E-state index in [1.807, 2.05) is 11.8 Å². The van der Waals surface area contributed by atoms with Crippen LogP contribution in [0.1, 0.15) is 17.3 Å². The first kappa shape index (κ1) is 14.2. The quantitative estimate of drug-likeness (QED) is 0.796. The third-order valence-corrected chi connectivity index (χ3v) is 4.61. The van der Waals surface area contributed by atoms with E-state index >= 15 is 0 Å². The van der Waals surface area contributed by atoms with Crippen molar-refractivity contribution in [3.63, 3.8) is 0 Å². The fourth-order valence-electron chi connectivity index (χ4n) is 2.04. The number of benzene rings is 1. The second-order valence-electron chi connectivity index (χ2n) is 4.46. The Morgan fingerprint density at radius 2 is 2.28 bits per heavy atom. The molecule has 1 aliphatic rings. The second-order valence-corrected chi connectivity index (χ2v) is 6.85. The smallest absolute Gasteiger partial charge is 0.178 e. The number of ketones is 1.